The van der Waals surface area contributed by atoms with Crippen molar-refractivity contribution < 1.29 is 14.3 Å². The molecule has 1 amide bonds. The van der Waals surface area contributed by atoms with Gasteiger partial charge in [0.25, 0.3) is 0 Å². The van der Waals surface area contributed by atoms with Gasteiger partial charge in [-0.3, -0.25) is 0 Å². The molecule has 1 aromatic carbocycles. The Labute approximate surface area is 164 Å². The summed E-state index contributed by atoms with van der Waals surface area (Å²) in [7, 11) is 1.43. The lowest BCUT2D eigenvalue weighted by Gasteiger charge is -2.26. The average molecular weight is 374 g/mol. The molecule has 0 radical (unpaired) electrons. The fraction of sp³-hybridized carbons (Fsp3) is 0.696. The summed E-state index contributed by atoms with van der Waals surface area (Å²) in [4.78, 5) is 11.4. The van der Waals surface area contributed by atoms with Gasteiger partial charge in [0.2, 0.25) is 0 Å². The van der Waals surface area contributed by atoms with Crippen LogP contribution in [0.3, 0.4) is 0 Å². The Kier molecular flexibility index (Phi) is 7.17. The number of ether oxygens (including phenoxy) is 2. The number of carbonyl (C=O) groups is 1. The number of alkyl carbamates (subject to hydrolysis) is 1. The van der Waals surface area contributed by atoms with Crippen LogP contribution in [0.1, 0.15) is 75.0 Å². The van der Waals surface area contributed by atoms with Crippen LogP contribution in [0.25, 0.3) is 0 Å². The molecule has 150 valence electrons. The van der Waals surface area contributed by atoms with E-state index in [1.807, 2.05) is 0 Å². The van der Waals surface area contributed by atoms with Gasteiger partial charge in [-0.25, -0.2) is 4.79 Å². The first-order valence-electron chi connectivity index (χ1n) is 10.6. The third kappa shape index (κ3) is 5.71. The Hall–Kier alpha value is -1.55. The SMILES string of the molecule is COC(=O)NC1CCC(c2ccc3c(c2)CCC(CCCOC(C)C)C3)C1. The van der Waals surface area contributed by atoms with Crippen molar-refractivity contribution >= 4 is 6.09 Å². The quantitative estimate of drug-likeness (QED) is 0.685. The summed E-state index contributed by atoms with van der Waals surface area (Å²) < 4.78 is 10.4. The first-order chi connectivity index (χ1) is 13.0. The van der Waals surface area contributed by atoms with Gasteiger partial charge < -0.3 is 14.8 Å². The smallest absolute Gasteiger partial charge is 0.407 e. The molecule has 2 aliphatic carbocycles. The predicted molar refractivity (Wildman–Crippen MR) is 108 cm³/mol. The molecule has 27 heavy (non-hydrogen) atoms. The Morgan fingerprint density at radius 3 is 2.85 bits per heavy atom. The van der Waals surface area contributed by atoms with Gasteiger partial charge >= 0.3 is 6.09 Å². The van der Waals surface area contributed by atoms with Crippen molar-refractivity contribution in [1.82, 2.24) is 5.32 Å². The first kappa shape index (κ1) is 20.2. The van der Waals surface area contributed by atoms with Crippen LogP contribution >= 0.6 is 0 Å². The second kappa shape index (κ2) is 9.59. The van der Waals surface area contributed by atoms with Crippen LogP contribution in [0.4, 0.5) is 4.79 Å². The van der Waals surface area contributed by atoms with Gasteiger partial charge in [0.15, 0.2) is 0 Å². The highest BCUT2D eigenvalue weighted by Crippen LogP contribution is 2.37. The van der Waals surface area contributed by atoms with E-state index in [0.717, 1.165) is 31.8 Å². The van der Waals surface area contributed by atoms with Crippen molar-refractivity contribution in [3.05, 3.63) is 34.9 Å². The third-order valence-electron chi connectivity index (χ3n) is 6.18. The molecule has 2 aliphatic rings. The van der Waals surface area contributed by atoms with E-state index < -0.39 is 0 Å². The van der Waals surface area contributed by atoms with Crippen LogP contribution < -0.4 is 5.32 Å². The normalized spacial score (nSPS) is 24.7. The highest BCUT2D eigenvalue weighted by molar-refractivity contribution is 5.67. The molecule has 3 rings (SSSR count). The maximum absolute atomic E-state index is 11.4. The van der Waals surface area contributed by atoms with Gasteiger partial charge in [0.1, 0.15) is 0 Å². The van der Waals surface area contributed by atoms with Gasteiger partial charge in [-0.05, 0) is 93.7 Å². The second-order valence-electron chi connectivity index (χ2n) is 8.54. The van der Waals surface area contributed by atoms with Crippen molar-refractivity contribution in [1.29, 1.82) is 0 Å². The van der Waals surface area contributed by atoms with Crippen molar-refractivity contribution in [2.45, 2.75) is 83.3 Å². The molecule has 0 aromatic heterocycles. The molecular formula is C23H35NO3. The van der Waals surface area contributed by atoms with Crippen LogP contribution in [-0.4, -0.2) is 32.0 Å². The van der Waals surface area contributed by atoms with Gasteiger partial charge in [-0.2, -0.15) is 0 Å². The Morgan fingerprint density at radius 1 is 1.22 bits per heavy atom. The summed E-state index contributed by atoms with van der Waals surface area (Å²) in [5, 5.41) is 2.96. The number of aryl methyl sites for hydroxylation is 1. The Morgan fingerprint density at radius 2 is 2.07 bits per heavy atom. The van der Waals surface area contributed by atoms with E-state index in [4.69, 9.17) is 9.47 Å². The minimum Gasteiger partial charge on any atom is -0.453 e. The zero-order chi connectivity index (χ0) is 19.2. The molecule has 0 bridgehead atoms. The number of nitrogens with one attached hydrogen (secondary N) is 1. The number of rotatable bonds is 7. The number of methoxy groups -OCH3 is 1. The summed E-state index contributed by atoms with van der Waals surface area (Å²) in [6, 6.07) is 7.38. The molecule has 3 atom stereocenters. The highest BCUT2D eigenvalue weighted by atomic mass is 16.5. The van der Waals surface area contributed by atoms with Crippen LogP contribution in [0.15, 0.2) is 18.2 Å². The van der Waals surface area contributed by atoms with E-state index in [9.17, 15) is 4.79 Å². The molecule has 0 heterocycles. The number of amides is 1. The lowest BCUT2D eigenvalue weighted by Crippen LogP contribution is -2.32. The topological polar surface area (TPSA) is 47.6 Å². The number of hydrogen-bond donors (Lipinski definition) is 1. The van der Waals surface area contributed by atoms with E-state index >= 15 is 0 Å². The second-order valence-corrected chi connectivity index (χ2v) is 8.54. The molecule has 4 heteroatoms. The lowest BCUT2D eigenvalue weighted by molar-refractivity contribution is 0.0732. The molecule has 0 aliphatic heterocycles. The van der Waals surface area contributed by atoms with E-state index in [1.165, 1.54) is 44.8 Å². The van der Waals surface area contributed by atoms with Crippen LogP contribution in [0.5, 0.6) is 0 Å². The third-order valence-corrected chi connectivity index (χ3v) is 6.18. The number of hydrogen-bond acceptors (Lipinski definition) is 3. The van der Waals surface area contributed by atoms with Gasteiger partial charge in [0, 0.05) is 12.6 Å². The number of carbonyl (C=O) groups excluding carboxylic acids is 1. The minimum absolute atomic E-state index is 0.246. The predicted octanol–water partition coefficient (Wildman–Crippen LogP) is 4.99. The zero-order valence-electron chi connectivity index (χ0n) is 17.1. The van der Waals surface area contributed by atoms with Gasteiger partial charge in [0.05, 0.1) is 13.2 Å². The van der Waals surface area contributed by atoms with Crippen molar-refractivity contribution in [3.63, 3.8) is 0 Å². The van der Waals surface area contributed by atoms with Gasteiger partial charge in [-0.1, -0.05) is 18.2 Å². The molecule has 1 fully saturated rings. The van der Waals surface area contributed by atoms with Crippen LogP contribution in [-0.2, 0) is 22.3 Å². The van der Waals surface area contributed by atoms with E-state index in [-0.39, 0.29) is 12.1 Å². The fourth-order valence-corrected chi connectivity index (χ4v) is 4.68. The van der Waals surface area contributed by atoms with Gasteiger partial charge in [-0.15, -0.1) is 0 Å². The summed E-state index contributed by atoms with van der Waals surface area (Å²) in [5.41, 5.74) is 4.54. The summed E-state index contributed by atoms with van der Waals surface area (Å²) in [5.74, 6) is 1.36. The average Bonchev–Trinajstić information content (AvgIpc) is 3.13. The summed E-state index contributed by atoms with van der Waals surface area (Å²) in [6.45, 7) is 5.10. The molecular weight excluding hydrogens is 338 g/mol. The molecule has 3 unspecified atom stereocenters. The van der Waals surface area contributed by atoms with Crippen LogP contribution in [0.2, 0.25) is 0 Å². The Balaban J connectivity index is 1.51. The Bertz CT molecular complexity index is 628. The van der Waals surface area contributed by atoms with E-state index in [2.05, 4.69) is 37.4 Å². The van der Waals surface area contributed by atoms with Crippen LogP contribution in [0, 0.1) is 5.92 Å². The maximum Gasteiger partial charge on any atom is 0.407 e. The lowest BCUT2D eigenvalue weighted by atomic mass is 9.80. The number of fused-ring (bicyclic) bond motifs is 1. The molecule has 0 spiro atoms. The largest absolute Gasteiger partial charge is 0.453 e. The summed E-state index contributed by atoms with van der Waals surface area (Å²) in [6.07, 6.45) is 9.41. The fourth-order valence-electron chi connectivity index (χ4n) is 4.68. The molecule has 0 saturated heterocycles. The minimum atomic E-state index is -0.309. The zero-order valence-corrected chi connectivity index (χ0v) is 17.1. The maximum atomic E-state index is 11.4. The van der Waals surface area contributed by atoms with Crippen molar-refractivity contribution in [3.8, 4) is 0 Å². The van der Waals surface area contributed by atoms with E-state index in [1.54, 1.807) is 11.1 Å². The monoisotopic (exact) mass is 373 g/mol. The van der Waals surface area contributed by atoms with Crippen molar-refractivity contribution in [2.75, 3.05) is 13.7 Å². The highest BCUT2D eigenvalue weighted by Gasteiger charge is 2.28. The first-order valence-corrected chi connectivity index (χ1v) is 10.6. The summed E-state index contributed by atoms with van der Waals surface area (Å²) >= 11 is 0. The molecule has 1 aromatic rings. The molecule has 4 nitrogen and oxygen atoms in total. The van der Waals surface area contributed by atoms with Crippen molar-refractivity contribution in [2.24, 2.45) is 5.92 Å². The molecule has 1 saturated carbocycles. The standard InChI is InChI=1S/C23H35NO3/c1-16(2)27-12-4-5-17-6-7-19-14-20(9-8-18(19)13-17)21-10-11-22(15-21)24-23(25)26-3/h8-9,14,16-17,21-22H,4-7,10-13,15H2,1-3H3,(H,24,25). The van der Waals surface area contributed by atoms with E-state index in [0.29, 0.717) is 12.0 Å². The number of benzene rings is 1. The molecule has 1 N–H and O–H groups in total.